The summed E-state index contributed by atoms with van der Waals surface area (Å²) in [5, 5.41) is 5.68. The molecule has 0 aliphatic carbocycles. The number of ether oxygens (including phenoxy) is 1. The Hall–Kier alpha value is -3.60. The van der Waals surface area contributed by atoms with Gasteiger partial charge in [0.2, 0.25) is 0 Å². The number of rotatable bonds is 7. The van der Waals surface area contributed by atoms with E-state index in [1.165, 1.54) is 0 Å². The Labute approximate surface area is 170 Å². The van der Waals surface area contributed by atoms with E-state index in [0.717, 1.165) is 12.2 Å². The van der Waals surface area contributed by atoms with Gasteiger partial charge < -0.3 is 15.4 Å². The summed E-state index contributed by atoms with van der Waals surface area (Å²) in [5.41, 5.74) is 2.43. The maximum absolute atomic E-state index is 12.4. The topological polar surface area (TPSA) is 67.4 Å². The molecular weight excluding hydrogens is 364 g/mol. The lowest BCUT2D eigenvalue weighted by molar-refractivity contribution is 0.101. The van der Waals surface area contributed by atoms with Crippen molar-refractivity contribution in [3.63, 3.8) is 0 Å². The minimum absolute atomic E-state index is 0.135. The van der Waals surface area contributed by atoms with Crippen LogP contribution < -0.4 is 15.4 Å². The van der Waals surface area contributed by atoms with Crippen molar-refractivity contribution in [2.75, 3.05) is 10.6 Å². The Bertz CT molecular complexity index is 952. The van der Waals surface area contributed by atoms with Gasteiger partial charge in [0.15, 0.2) is 0 Å². The molecule has 0 aliphatic heterocycles. The van der Waals surface area contributed by atoms with Gasteiger partial charge in [0.05, 0.1) is 6.10 Å². The van der Waals surface area contributed by atoms with Gasteiger partial charge >= 0.3 is 0 Å². The Morgan fingerprint density at radius 3 is 1.72 bits per heavy atom. The average Bonchev–Trinajstić information content (AvgIpc) is 2.76. The molecule has 0 fully saturated rings. The minimum Gasteiger partial charge on any atom is -0.491 e. The van der Waals surface area contributed by atoms with Crippen LogP contribution in [0.25, 0.3) is 0 Å². The monoisotopic (exact) mass is 388 g/mol. The van der Waals surface area contributed by atoms with Crippen molar-refractivity contribution < 1.29 is 14.3 Å². The second-order valence-electron chi connectivity index (χ2n) is 6.71. The van der Waals surface area contributed by atoms with Crippen LogP contribution in [0.2, 0.25) is 0 Å². The van der Waals surface area contributed by atoms with E-state index >= 15 is 0 Å². The molecule has 29 heavy (non-hydrogen) atoms. The molecule has 1 unspecified atom stereocenters. The first-order valence-corrected chi connectivity index (χ1v) is 9.59. The highest BCUT2D eigenvalue weighted by Gasteiger charge is 2.09. The number of benzene rings is 3. The van der Waals surface area contributed by atoms with Crippen LogP contribution in [0.5, 0.6) is 5.75 Å². The summed E-state index contributed by atoms with van der Waals surface area (Å²) in [6, 6.07) is 23.1. The predicted octanol–water partition coefficient (Wildman–Crippen LogP) is 5.37. The summed E-state index contributed by atoms with van der Waals surface area (Å²) in [6.45, 7) is 4.07. The molecule has 5 nitrogen and oxygen atoms in total. The van der Waals surface area contributed by atoms with E-state index in [1.807, 2.05) is 25.1 Å². The first-order valence-electron chi connectivity index (χ1n) is 9.59. The van der Waals surface area contributed by atoms with Gasteiger partial charge in [0, 0.05) is 22.5 Å². The third-order valence-corrected chi connectivity index (χ3v) is 4.47. The normalized spacial score (nSPS) is 11.4. The maximum atomic E-state index is 12.4. The number of nitrogens with one attached hydrogen (secondary N) is 2. The third kappa shape index (κ3) is 5.69. The van der Waals surface area contributed by atoms with Crippen LogP contribution in [0.1, 0.15) is 41.0 Å². The molecule has 0 radical (unpaired) electrons. The summed E-state index contributed by atoms with van der Waals surface area (Å²) < 4.78 is 5.73. The van der Waals surface area contributed by atoms with Gasteiger partial charge in [-0.05, 0) is 74.0 Å². The second-order valence-corrected chi connectivity index (χ2v) is 6.71. The van der Waals surface area contributed by atoms with Gasteiger partial charge in [0.1, 0.15) is 5.75 Å². The van der Waals surface area contributed by atoms with E-state index < -0.39 is 0 Å². The van der Waals surface area contributed by atoms with Crippen LogP contribution in [0.15, 0.2) is 78.9 Å². The Morgan fingerprint density at radius 2 is 1.24 bits per heavy atom. The van der Waals surface area contributed by atoms with E-state index in [9.17, 15) is 9.59 Å². The molecule has 0 bridgehead atoms. The van der Waals surface area contributed by atoms with E-state index in [-0.39, 0.29) is 17.9 Å². The molecule has 0 aromatic heterocycles. The average molecular weight is 388 g/mol. The number of hydrogen-bond donors (Lipinski definition) is 2. The Morgan fingerprint density at radius 1 is 0.759 bits per heavy atom. The molecule has 0 aliphatic rings. The summed E-state index contributed by atoms with van der Waals surface area (Å²) >= 11 is 0. The summed E-state index contributed by atoms with van der Waals surface area (Å²) in [7, 11) is 0. The molecule has 3 rings (SSSR count). The zero-order chi connectivity index (χ0) is 20.6. The van der Waals surface area contributed by atoms with E-state index in [4.69, 9.17) is 4.74 Å². The fraction of sp³-hybridized carbons (Fsp3) is 0.167. The van der Waals surface area contributed by atoms with Crippen molar-refractivity contribution in [3.05, 3.63) is 90.0 Å². The molecule has 0 saturated carbocycles. The van der Waals surface area contributed by atoms with Gasteiger partial charge in [-0.25, -0.2) is 0 Å². The molecule has 2 N–H and O–H groups in total. The van der Waals surface area contributed by atoms with Crippen molar-refractivity contribution >= 4 is 23.2 Å². The highest BCUT2D eigenvalue weighted by Crippen LogP contribution is 2.18. The van der Waals surface area contributed by atoms with Crippen LogP contribution in [0.4, 0.5) is 11.4 Å². The fourth-order valence-electron chi connectivity index (χ4n) is 2.63. The smallest absolute Gasteiger partial charge is 0.255 e. The molecule has 0 heterocycles. The van der Waals surface area contributed by atoms with E-state index in [1.54, 1.807) is 60.7 Å². The van der Waals surface area contributed by atoms with Crippen LogP contribution in [-0.4, -0.2) is 17.9 Å². The molecule has 1 atom stereocenters. The zero-order valence-electron chi connectivity index (χ0n) is 16.5. The molecule has 0 spiro atoms. The standard InChI is InChI=1S/C24H24N2O3/c1-3-17(2)29-22-15-9-19(10-16-22)24(28)26-21-13-11-20(12-14-21)25-23(27)18-7-5-4-6-8-18/h4-17H,3H2,1-2H3,(H,25,27)(H,26,28). The number of hydrogen-bond acceptors (Lipinski definition) is 3. The quantitative estimate of drug-likeness (QED) is 0.572. The van der Waals surface area contributed by atoms with Crippen LogP contribution in [0, 0.1) is 0 Å². The fourth-order valence-corrected chi connectivity index (χ4v) is 2.63. The summed E-state index contributed by atoms with van der Waals surface area (Å²) in [6.07, 6.45) is 1.06. The highest BCUT2D eigenvalue weighted by molar-refractivity contribution is 6.05. The van der Waals surface area contributed by atoms with Crippen molar-refractivity contribution in [1.29, 1.82) is 0 Å². The Kier molecular flexibility index (Phi) is 6.63. The lowest BCUT2D eigenvalue weighted by Crippen LogP contribution is -2.13. The van der Waals surface area contributed by atoms with Crippen molar-refractivity contribution in [2.24, 2.45) is 0 Å². The van der Waals surface area contributed by atoms with Gasteiger partial charge in [0.25, 0.3) is 11.8 Å². The number of amides is 2. The SMILES string of the molecule is CCC(C)Oc1ccc(C(=O)Nc2ccc(NC(=O)c3ccccc3)cc2)cc1. The van der Waals surface area contributed by atoms with Gasteiger partial charge in [-0.3, -0.25) is 9.59 Å². The van der Waals surface area contributed by atoms with Crippen molar-refractivity contribution in [1.82, 2.24) is 0 Å². The molecule has 2 amide bonds. The zero-order valence-corrected chi connectivity index (χ0v) is 16.5. The van der Waals surface area contributed by atoms with Crippen LogP contribution in [0.3, 0.4) is 0 Å². The lowest BCUT2D eigenvalue weighted by atomic mass is 10.2. The van der Waals surface area contributed by atoms with E-state index in [0.29, 0.717) is 22.5 Å². The first-order chi connectivity index (χ1) is 14.0. The largest absolute Gasteiger partial charge is 0.491 e. The Balaban J connectivity index is 1.57. The summed E-state index contributed by atoms with van der Waals surface area (Å²) in [4.78, 5) is 24.6. The number of anilines is 2. The summed E-state index contributed by atoms with van der Waals surface area (Å²) in [5.74, 6) is 0.359. The second kappa shape index (κ2) is 9.55. The van der Waals surface area contributed by atoms with Crippen LogP contribution >= 0.6 is 0 Å². The number of carbonyl (C=O) groups excluding carboxylic acids is 2. The van der Waals surface area contributed by atoms with Gasteiger partial charge in [-0.15, -0.1) is 0 Å². The molecule has 5 heteroatoms. The lowest BCUT2D eigenvalue weighted by Gasteiger charge is -2.13. The predicted molar refractivity (Wildman–Crippen MR) is 116 cm³/mol. The van der Waals surface area contributed by atoms with Gasteiger partial charge in [-0.1, -0.05) is 25.1 Å². The molecule has 3 aromatic carbocycles. The van der Waals surface area contributed by atoms with Crippen molar-refractivity contribution in [2.45, 2.75) is 26.4 Å². The molecule has 148 valence electrons. The highest BCUT2D eigenvalue weighted by atomic mass is 16.5. The first kappa shape index (κ1) is 20.1. The van der Waals surface area contributed by atoms with Crippen LogP contribution in [-0.2, 0) is 0 Å². The molecular formula is C24H24N2O3. The van der Waals surface area contributed by atoms with Gasteiger partial charge in [-0.2, -0.15) is 0 Å². The maximum Gasteiger partial charge on any atom is 0.255 e. The van der Waals surface area contributed by atoms with E-state index in [2.05, 4.69) is 17.6 Å². The third-order valence-electron chi connectivity index (χ3n) is 4.47. The minimum atomic E-state index is -0.207. The van der Waals surface area contributed by atoms with Crippen molar-refractivity contribution in [3.8, 4) is 5.75 Å². The molecule has 3 aromatic rings. The molecule has 0 saturated heterocycles. The number of carbonyl (C=O) groups is 2.